The van der Waals surface area contributed by atoms with Gasteiger partial charge in [-0.05, 0) is 56.3 Å². The van der Waals surface area contributed by atoms with Crippen LogP contribution in [0.5, 0.6) is 0 Å². The Morgan fingerprint density at radius 1 is 1.10 bits per heavy atom. The summed E-state index contributed by atoms with van der Waals surface area (Å²) in [6.45, 7) is 3.39. The van der Waals surface area contributed by atoms with E-state index in [1.165, 1.54) is 19.3 Å². The highest BCUT2D eigenvalue weighted by molar-refractivity contribution is 5.81. The Bertz CT molecular complexity index is 391. The lowest BCUT2D eigenvalue weighted by Crippen LogP contribution is -2.52. The van der Waals surface area contributed by atoms with Crippen LogP contribution in [0.25, 0.3) is 0 Å². The van der Waals surface area contributed by atoms with Crippen LogP contribution in [0.3, 0.4) is 0 Å². The highest BCUT2D eigenvalue weighted by atomic mass is 16.6. The van der Waals surface area contributed by atoms with Crippen LogP contribution in [0.1, 0.15) is 44.9 Å². The van der Waals surface area contributed by atoms with E-state index in [4.69, 9.17) is 9.47 Å². The molecule has 0 aromatic heterocycles. The van der Waals surface area contributed by atoms with Crippen molar-refractivity contribution in [3.63, 3.8) is 0 Å². The molecule has 0 saturated heterocycles. The molecule has 4 heteroatoms. The molecule has 4 nitrogen and oxygen atoms in total. The predicted molar refractivity (Wildman–Crippen MR) is 72.8 cm³/mol. The van der Waals surface area contributed by atoms with Crippen LogP contribution in [-0.2, 0) is 19.1 Å². The lowest BCUT2D eigenvalue weighted by atomic mass is 9.54. The summed E-state index contributed by atoms with van der Waals surface area (Å²) in [7, 11) is 0. The average molecular weight is 278 g/mol. The Morgan fingerprint density at radius 2 is 1.65 bits per heavy atom. The van der Waals surface area contributed by atoms with E-state index >= 15 is 0 Å². The minimum atomic E-state index is -0.493. The fourth-order valence-corrected chi connectivity index (χ4v) is 4.74. The molecule has 0 aromatic carbocycles. The maximum absolute atomic E-state index is 12.0. The summed E-state index contributed by atoms with van der Waals surface area (Å²) >= 11 is 0. The number of hydrogen-bond donors (Lipinski definition) is 0. The quantitative estimate of drug-likeness (QED) is 0.573. The van der Waals surface area contributed by atoms with Crippen LogP contribution in [0.2, 0.25) is 0 Å². The molecule has 0 spiro atoms. The fourth-order valence-electron chi connectivity index (χ4n) is 4.74. The van der Waals surface area contributed by atoms with Crippen molar-refractivity contribution in [2.75, 3.05) is 6.61 Å². The first-order chi connectivity index (χ1) is 9.58. The smallest absolute Gasteiger partial charge is 0.330 e. The van der Waals surface area contributed by atoms with Crippen molar-refractivity contribution >= 4 is 11.9 Å². The maximum Gasteiger partial charge on any atom is 0.330 e. The van der Waals surface area contributed by atoms with Gasteiger partial charge in [-0.15, -0.1) is 0 Å². The van der Waals surface area contributed by atoms with E-state index in [0.29, 0.717) is 0 Å². The van der Waals surface area contributed by atoms with E-state index < -0.39 is 5.97 Å². The van der Waals surface area contributed by atoms with Crippen molar-refractivity contribution in [3.8, 4) is 0 Å². The van der Waals surface area contributed by atoms with Gasteiger partial charge in [-0.1, -0.05) is 6.58 Å². The van der Waals surface area contributed by atoms with Gasteiger partial charge in [-0.25, -0.2) is 4.79 Å². The van der Waals surface area contributed by atoms with E-state index in [1.807, 2.05) is 0 Å². The zero-order valence-electron chi connectivity index (χ0n) is 11.8. The predicted octanol–water partition coefficient (Wildman–Crippen LogP) is 2.62. The molecule has 4 bridgehead atoms. The van der Waals surface area contributed by atoms with Gasteiger partial charge in [0.2, 0.25) is 0 Å². The lowest BCUT2D eigenvalue weighted by Gasteiger charge is -2.55. The molecule has 20 heavy (non-hydrogen) atoms. The van der Waals surface area contributed by atoms with E-state index in [9.17, 15) is 9.59 Å². The van der Waals surface area contributed by atoms with Gasteiger partial charge in [0.25, 0.3) is 0 Å². The fraction of sp³-hybridized carbons (Fsp3) is 0.750. The van der Waals surface area contributed by atoms with Crippen molar-refractivity contribution < 1.29 is 19.1 Å². The van der Waals surface area contributed by atoms with E-state index in [1.54, 1.807) is 0 Å². The van der Waals surface area contributed by atoms with Gasteiger partial charge in [0, 0.05) is 6.08 Å². The van der Waals surface area contributed by atoms with Crippen LogP contribution in [-0.4, -0.2) is 24.1 Å². The Labute approximate surface area is 119 Å². The van der Waals surface area contributed by atoms with Gasteiger partial charge in [0.15, 0.2) is 0 Å². The third-order valence-corrected chi connectivity index (χ3v) is 5.03. The third kappa shape index (κ3) is 2.74. The molecular weight excluding hydrogens is 256 g/mol. The Balaban J connectivity index is 1.51. The Morgan fingerprint density at radius 3 is 2.15 bits per heavy atom. The normalized spacial score (nSPS) is 37.5. The van der Waals surface area contributed by atoms with Crippen LogP contribution >= 0.6 is 0 Å². The summed E-state index contributed by atoms with van der Waals surface area (Å²) in [4.78, 5) is 22.9. The van der Waals surface area contributed by atoms with Gasteiger partial charge in [0.1, 0.15) is 12.2 Å². The molecule has 0 atom stereocenters. The monoisotopic (exact) mass is 278 g/mol. The third-order valence-electron chi connectivity index (χ3n) is 5.03. The number of carbonyl (C=O) groups is 2. The lowest BCUT2D eigenvalue weighted by molar-refractivity contribution is -0.187. The van der Waals surface area contributed by atoms with Crippen LogP contribution < -0.4 is 0 Å². The second-order valence-corrected chi connectivity index (χ2v) is 6.70. The summed E-state index contributed by atoms with van der Waals surface area (Å²) in [5.74, 6) is 1.55. The number of ether oxygens (including phenoxy) is 2. The maximum atomic E-state index is 12.0. The van der Waals surface area contributed by atoms with Crippen LogP contribution in [0, 0.1) is 17.8 Å². The zero-order valence-corrected chi connectivity index (χ0v) is 11.8. The van der Waals surface area contributed by atoms with Gasteiger partial charge in [-0.2, -0.15) is 0 Å². The number of rotatable bonds is 5. The van der Waals surface area contributed by atoms with Crippen molar-refractivity contribution in [1.82, 2.24) is 0 Å². The number of carbonyl (C=O) groups excluding carboxylic acids is 2. The largest absolute Gasteiger partial charge is 0.462 e. The second kappa shape index (κ2) is 5.23. The van der Waals surface area contributed by atoms with Gasteiger partial charge >= 0.3 is 11.9 Å². The molecule has 0 aliphatic heterocycles. The molecule has 4 aliphatic carbocycles. The molecule has 0 aromatic rings. The van der Waals surface area contributed by atoms with Crippen LogP contribution in [0.15, 0.2) is 12.7 Å². The second-order valence-electron chi connectivity index (χ2n) is 6.70. The highest BCUT2D eigenvalue weighted by Crippen LogP contribution is 2.57. The zero-order chi connectivity index (χ0) is 14.2. The van der Waals surface area contributed by atoms with E-state index in [2.05, 4.69) is 6.58 Å². The molecule has 4 fully saturated rings. The first-order valence-electron chi connectivity index (χ1n) is 7.59. The summed E-state index contributed by atoms with van der Waals surface area (Å²) in [6.07, 6.45) is 8.34. The summed E-state index contributed by atoms with van der Waals surface area (Å²) in [5.41, 5.74) is -0.200. The van der Waals surface area contributed by atoms with Gasteiger partial charge < -0.3 is 9.47 Å². The van der Waals surface area contributed by atoms with Gasteiger partial charge in [0.05, 0.1) is 6.42 Å². The molecule has 0 N–H and O–H groups in total. The molecule has 0 unspecified atom stereocenters. The van der Waals surface area contributed by atoms with Gasteiger partial charge in [-0.3, -0.25) is 4.79 Å². The molecule has 0 amide bonds. The molecule has 4 saturated carbocycles. The summed E-state index contributed by atoms with van der Waals surface area (Å²) < 4.78 is 10.6. The van der Waals surface area contributed by atoms with E-state index in [0.717, 1.165) is 43.1 Å². The van der Waals surface area contributed by atoms with Crippen molar-refractivity contribution in [2.24, 2.45) is 17.8 Å². The SMILES string of the molecule is C=CC(=O)OCCC(=O)OC12CC3CC(CC(C3)C1)C2. The molecule has 4 rings (SSSR count). The molecule has 4 aliphatic rings. The van der Waals surface area contributed by atoms with Crippen molar-refractivity contribution in [1.29, 1.82) is 0 Å². The molecule has 110 valence electrons. The highest BCUT2D eigenvalue weighted by Gasteiger charge is 2.53. The standard InChI is InChI=1S/C16H22O4/c1-2-14(17)19-4-3-15(18)20-16-8-11-5-12(9-16)7-13(6-11)10-16/h2,11-13H,1,3-10H2. The van der Waals surface area contributed by atoms with Crippen LogP contribution in [0.4, 0.5) is 0 Å². The van der Waals surface area contributed by atoms with E-state index in [-0.39, 0.29) is 24.6 Å². The molecule has 0 radical (unpaired) electrons. The average Bonchev–Trinajstić information content (AvgIpc) is 2.36. The summed E-state index contributed by atoms with van der Waals surface area (Å²) in [6, 6.07) is 0. The van der Waals surface area contributed by atoms with Crippen molar-refractivity contribution in [2.45, 2.75) is 50.5 Å². The minimum absolute atomic E-state index is 0.0794. The number of hydrogen-bond acceptors (Lipinski definition) is 4. The first kappa shape index (κ1) is 13.7. The summed E-state index contributed by atoms with van der Waals surface area (Å²) in [5, 5.41) is 0. The molecule has 0 heterocycles. The minimum Gasteiger partial charge on any atom is -0.462 e. The van der Waals surface area contributed by atoms with Crippen molar-refractivity contribution in [3.05, 3.63) is 12.7 Å². The Kier molecular flexibility index (Phi) is 3.57. The first-order valence-corrected chi connectivity index (χ1v) is 7.59. The Hall–Kier alpha value is -1.32. The topological polar surface area (TPSA) is 52.6 Å². The number of esters is 2. The molecular formula is C16H22O4.